The molecule has 0 saturated carbocycles. The number of benzene rings is 1. The molecule has 0 aliphatic rings. The predicted octanol–water partition coefficient (Wildman–Crippen LogP) is 3.11. The van der Waals surface area contributed by atoms with Crippen molar-refractivity contribution >= 4 is 0 Å². The van der Waals surface area contributed by atoms with Gasteiger partial charge < -0.3 is 4.74 Å². The highest BCUT2D eigenvalue weighted by atomic mass is 19.3. The molecule has 0 radical (unpaired) electrons. The van der Waals surface area contributed by atoms with Crippen LogP contribution in [-0.4, -0.2) is 22.3 Å². The standard InChI is InChI=1S/C11H8F4N2O/c12-10(13)11(14,15)18-9-4-2-8(3-5-9)17-7-1-6-16-17/h1-7,10H. The zero-order chi connectivity index (χ0) is 13.2. The van der Waals surface area contributed by atoms with Crippen LogP contribution in [0, 0.1) is 0 Å². The molecule has 3 nitrogen and oxygen atoms in total. The average molecular weight is 260 g/mol. The van der Waals surface area contributed by atoms with E-state index in [0.29, 0.717) is 5.69 Å². The Balaban J connectivity index is 2.14. The topological polar surface area (TPSA) is 27.1 Å². The van der Waals surface area contributed by atoms with E-state index in [2.05, 4.69) is 9.84 Å². The fraction of sp³-hybridized carbons (Fsp3) is 0.182. The maximum atomic E-state index is 12.6. The summed E-state index contributed by atoms with van der Waals surface area (Å²) in [7, 11) is 0. The smallest absolute Gasteiger partial charge is 0.428 e. The molecule has 0 fully saturated rings. The first-order chi connectivity index (χ1) is 8.49. The highest BCUT2D eigenvalue weighted by Crippen LogP contribution is 2.27. The van der Waals surface area contributed by atoms with Crippen LogP contribution in [0.3, 0.4) is 0 Å². The van der Waals surface area contributed by atoms with Crippen molar-refractivity contribution in [3.05, 3.63) is 42.7 Å². The fourth-order valence-electron chi connectivity index (χ4n) is 1.29. The minimum Gasteiger partial charge on any atom is -0.428 e. The lowest BCUT2D eigenvalue weighted by Crippen LogP contribution is -2.33. The third-order valence-electron chi connectivity index (χ3n) is 2.11. The van der Waals surface area contributed by atoms with E-state index in [-0.39, 0.29) is 5.75 Å². The molecule has 0 amide bonds. The number of hydrogen-bond acceptors (Lipinski definition) is 2. The van der Waals surface area contributed by atoms with Gasteiger partial charge in [-0.3, -0.25) is 0 Å². The molecule has 0 spiro atoms. The number of hydrogen-bond donors (Lipinski definition) is 0. The van der Waals surface area contributed by atoms with Crippen LogP contribution >= 0.6 is 0 Å². The average Bonchev–Trinajstić information content (AvgIpc) is 2.83. The Morgan fingerprint density at radius 1 is 1.17 bits per heavy atom. The fourth-order valence-corrected chi connectivity index (χ4v) is 1.29. The van der Waals surface area contributed by atoms with Crippen LogP contribution in [0.25, 0.3) is 5.69 Å². The minimum atomic E-state index is -4.49. The summed E-state index contributed by atoms with van der Waals surface area (Å²) in [6.45, 7) is 0. The number of nitrogens with zero attached hydrogens (tertiary/aromatic N) is 2. The highest BCUT2D eigenvalue weighted by molar-refractivity contribution is 5.36. The lowest BCUT2D eigenvalue weighted by atomic mass is 10.3. The normalized spacial score (nSPS) is 11.8. The van der Waals surface area contributed by atoms with Gasteiger partial charge in [0.15, 0.2) is 0 Å². The van der Waals surface area contributed by atoms with Gasteiger partial charge in [-0.1, -0.05) is 0 Å². The molecule has 0 aliphatic carbocycles. The molecule has 0 bridgehead atoms. The lowest BCUT2D eigenvalue weighted by molar-refractivity contribution is -0.253. The van der Waals surface area contributed by atoms with E-state index < -0.39 is 12.5 Å². The molecule has 1 heterocycles. The van der Waals surface area contributed by atoms with Gasteiger partial charge in [0.25, 0.3) is 0 Å². The van der Waals surface area contributed by atoms with Gasteiger partial charge in [-0.25, -0.2) is 4.68 Å². The van der Waals surface area contributed by atoms with E-state index in [9.17, 15) is 17.6 Å². The van der Waals surface area contributed by atoms with E-state index in [0.717, 1.165) is 0 Å². The summed E-state index contributed by atoms with van der Waals surface area (Å²) in [5.74, 6) is -0.337. The van der Waals surface area contributed by atoms with Crippen LogP contribution in [0.1, 0.15) is 0 Å². The first-order valence-electron chi connectivity index (χ1n) is 4.94. The maximum absolute atomic E-state index is 12.6. The maximum Gasteiger partial charge on any atom is 0.461 e. The Bertz CT molecular complexity index is 496. The van der Waals surface area contributed by atoms with Crippen LogP contribution < -0.4 is 4.74 Å². The van der Waals surface area contributed by atoms with Gasteiger partial charge in [0, 0.05) is 12.4 Å². The summed E-state index contributed by atoms with van der Waals surface area (Å²) in [6, 6.07) is 6.91. The van der Waals surface area contributed by atoms with E-state index in [4.69, 9.17) is 0 Å². The lowest BCUT2D eigenvalue weighted by Gasteiger charge is -2.16. The van der Waals surface area contributed by atoms with Crippen molar-refractivity contribution in [2.24, 2.45) is 0 Å². The van der Waals surface area contributed by atoms with E-state index >= 15 is 0 Å². The predicted molar refractivity (Wildman–Crippen MR) is 55.1 cm³/mol. The van der Waals surface area contributed by atoms with Crippen molar-refractivity contribution < 1.29 is 22.3 Å². The Labute approximate surface area is 99.6 Å². The SMILES string of the molecule is FC(F)C(F)(F)Oc1ccc(-n2cccn2)cc1. The monoisotopic (exact) mass is 260 g/mol. The molecule has 96 valence electrons. The van der Waals surface area contributed by atoms with Crippen LogP contribution in [0.5, 0.6) is 5.75 Å². The third-order valence-corrected chi connectivity index (χ3v) is 2.11. The van der Waals surface area contributed by atoms with Crippen molar-refractivity contribution in [2.75, 3.05) is 0 Å². The van der Waals surface area contributed by atoms with Gasteiger partial charge >= 0.3 is 12.5 Å². The second-order valence-electron chi connectivity index (χ2n) is 3.41. The quantitative estimate of drug-likeness (QED) is 0.790. The minimum absolute atomic E-state index is 0.337. The summed E-state index contributed by atoms with van der Waals surface area (Å²) in [4.78, 5) is 0. The van der Waals surface area contributed by atoms with Gasteiger partial charge in [-0.05, 0) is 30.3 Å². The Kier molecular flexibility index (Phi) is 3.22. The Morgan fingerprint density at radius 3 is 2.33 bits per heavy atom. The molecular formula is C11H8F4N2O. The molecule has 0 atom stereocenters. The van der Waals surface area contributed by atoms with E-state index in [1.54, 1.807) is 18.5 Å². The molecule has 0 N–H and O–H groups in total. The number of aromatic nitrogens is 2. The van der Waals surface area contributed by atoms with Crippen molar-refractivity contribution in [3.63, 3.8) is 0 Å². The second kappa shape index (κ2) is 4.67. The van der Waals surface area contributed by atoms with Gasteiger partial charge in [-0.2, -0.15) is 22.7 Å². The number of ether oxygens (including phenoxy) is 1. The van der Waals surface area contributed by atoms with Crippen LogP contribution in [0.15, 0.2) is 42.7 Å². The molecule has 2 rings (SSSR count). The van der Waals surface area contributed by atoms with Crippen LogP contribution in [-0.2, 0) is 0 Å². The van der Waals surface area contributed by atoms with Crippen molar-refractivity contribution in [3.8, 4) is 11.4 Å². The molecular weight excluding hydrogens is 252 g/mol. The number of rotatable bonds is 4. The first kappa shape index (κ1) is 12.4. The second-order valence-corrected chi connectivity index (χ2v) is 3.41. The number of alkyl halides is 4. The first-order valence-corrected chi connectivity index (χ1v) is 4.94. The summed E-state index contributed by atoms with van der Waals surface area (Å²) in [5, 5.41) is 3.93. The largest absolute Gasteiger partial charge is 0.461 e. The van der Waals surface area contributed by atoms with Crippen molar-refractivity contribution in [1.29, 1.82) is 0 Å². The molecule has 0 saturated heterocycles. The molecule has 1 aromatic carbocycles. The van der Waals surface area contributed by atoms with Crippen molar-refractivity contribution in [2.45, 2.75) is 12.5 Å². The summed E-state index contributed by atoms with van der Waals surface area (Å²) < 4.78 is 54.5. The van der Waals surface area contributed by atoms with Crippen molar-refractivity contribution in [1.82, 2.24) is 9.78 Å². The van der Waals surface area contributed by atoms with Crippen LogP contribution in [0.2, 0.25) is 0 Å². The van der Waals surface area contributed by atoms with Gasteiger partial charge in [0.05, 0.1) is 5.69 Å². The van der Waals surface area contributed by atoms with Crippen LogP contribution in [0.4, 0.5) is 17.6 Å². The molecule has 0 unspecified atom stereocenters. The third kappa shape index (κ3) is 2.61. The molecule has 1 aromatic heterocycles. The van der Waals surface area contributed by atoms with Gasteiger partial charge in [-0.15, -0.1) is 0 Å². The van der Waals surface area contributed by atoms with E-state index in [1.165, 1.54) is 28.9 Å². The molecule has 18 heavy (non-hydrogen) atoms. The highest BCUT2D eigenvalue weighted by Gasteiger charge is 2.43. The van der Waals surface area contributed by atoms with E-state index in [1.807, 2.05) is 0 Å². The zero-order valence-corrected chi connectivity index (χ0v) is 8.93. The number of halogens is 4. The van der Waals surface area contributed by atoms with Gasteiger partial charge in [0.2, 0.25) is 0 Å². The Morgan fingerprint density at radius 2 is 1.83 bits per heavy atom. The Hall–Kier alpha value is -2.05. The molecule has 2 aromatic rings. The summed E-state index contributed by atoms with van der Waals surface area (Å²) in [5.41, 5.74) is 0.604. The van der Waals surface area contributed by atoms with Gasteiger partial charge in [0.1, 0.15) is 5.75 Å². The molecule has 7 heteroatoms. The zero-order valence-electron chi connectivity index (χ0n) is 8.93. The summed E-state index contributed by atoms with van der Waals surface area (Å²) in [6.07, 6.45) is -5.16. The molecule has 0 aliphatic heterocycles. The summed E-state index contributed by atoms with van der Waals surface area (Å²) >= 11 is 0.